The van der Waals surface area contributed by atoms with Gasteiger partial charge in [0.25, 0.3) is 0 Å². The van der Waals surface area contributed by atoms with Gasteiger partial charge in [0.05, 0.1) is 5.92 Å². The molecule has 0 spiro atoms. The molecule has 1 aliphatic carbocycles. The van der Waals surface area contributed by atoms with Crippen molar-refractivity contribution in [2.75, 3.05) is 19.6 Å². The molecule has 138 valence electrons. The van der Waals surface area contributed by atoms with Crippen LogP contribution in [0.5, 0.6) is 0 Å². The summed E-state index contributed by atoms with van der Waals surface area (Å²) >= 11 is 0. The van der Waals surface area contributed by atoms with Gasteiger partial charge in [-0.1, -0.05) is 18.2 Å². The number of fused-ring (bicyclic) bond motifs is 1. The van der Waals surface area contributed by atoms with Gasteiger partial charge in [-0.15, -0.1) is 0 Å². The van der Waals surface area contributed by atoms with Crippen LogP contribution in [0, 0.1) is 11.8 Å². The van der Waals surface area contributed by atoms with Crippen LogP contribution in [0.2, 0.25) is 0 Å². The Kier molecular flexibility index (Phi) is 4.96. The fourth-order valence-corrected chi connectivity index (χ4v) is 3.95. The van der Waals surface area contributed by atoms with E-state index in [0.717, 1.165) is 50.6 Å². The number of hydrogen-bond acceptors (Lipinski definition) is 2. The van der Waals surface area contributed by atoms with Crippen molar-refractivity contribution in [2.24, 2.45) is 11.8 Å². The molecule has 4 rings (SSSR count). The number of carbonyl (C=O) groups is 2. The van der Waals surface area contributed by atoms with Crippen molar-refractivity contribution in [3.63, 3.8) is 0 Å². The van der Waals surface area contributed by atoms with Gasteiger partial charge in [0.1, 0.15) is 0 Å². The quantitative estimate of drug-likeness (QED) is 0.784. The normalized spacial score (nSPS) is 20.3. The van der Waals surface area contributed by atoms with Crippen molar-refractivity contribution in [1.29, 1.82) is 0 Å². The SMILES string of the molecule is O=C(NCCCc1c[nH]c2ccccc12)C1CCCN(C(=O)C2CC2)C1. The second-order valence-electron chi connectivity index (χ2n) is 7.65. The van der Waals surface area contributed by atoms with Gasteiger partial charge >= 0.3 is 0 Å². The highest BCUT2D eigenvalue weighted by Gasteiger charge is 2.36. The van der Waals surface area contributed by atoms with E-state index in [2.05, 4.69) is 34.7 Å². The maximum absolute atomic E-state index is 12.5. The van der Waals surface area contributed by atoms with E-state index in [1.807, 2.05) is 11.0 Å². The van der Waals surface area contributed by atoms with Crippen molar-refractivity contribution in [2.45, 2.75) is 38.5 Å². The number of H-pyrrole nitrogens is 1. The van der Waals surface area contributed by atoms with Crippen LogP contribution in [-0.4, -0.2) is 41.3 Å². The zero-order valence-electron chi connectivity index (χ0n) is 15.2. The minimum absolute atomic E-state index is 0.0421. The number of para-hydroxylation sites is 1. The second kappa shape index (κ2) is 7.52. The smallest absolute Gasteiger partial charge is 0.225 e. The first kappa shape index (κ1) is 17.1. The Bertz CT molecular complexity index is 793. The first-order valence-electron chi connectivity index (χ1n) is 9.84. The summed E-state index contributed by atoms with van der Waals surface area (Å²) in [4.78, 5) is 29.9. The molecule has 5 nitrogen and oxygen atoms in total. The van der Waals surface area contributed by atoms with Crippen LogP contribution < -0.4 is 5.32 Å². The molecular weight excluding hydrogens is 326 g/mol. The molecule has 2 aliphatic rings. The largest absolute Gasteiger partial charge is 0.361 e. The van der Waals surface area contributed by atoms with Crippen molar-refractivity contribution < 1.29 is 9.59 Å². The van der Waals surface area contributed by atoms with E-state index in [-0.39, 0.29) is 23.7 Å². The number of piperidine rings is 1. The van der Waals surface area contributed by atoms with E-state index in [1.165, 1.54) is 10.9 Å². The highest BCUT2D eigenvalue weighted by atomic mass is 16.2. The summed E-state index contributed by atoms with van der Waals surface area (Å²) in [5.74, 6) is 0.576. The fraction of sp³-hybridized carbons (Fsp3) is 0.524. The number of aryl methyl sites for hydroxylation is 1. The molecule has 1 atom stereocenters. The Morgan fingerprint density at radius 3 is 2.85 bits per heavy atom. The number of hydrogen-bond donors (Lipinski definition) is 2. The maximum Gasteiger partial charge on any atom is 0.225 e. The molecule has 2 fully saturated rings. The third-order valence-electron chi connectivity index (χ3n) is 5.63. The molecule has 5 heteroatoms. The lowest BCUT2D eigenvalue weighted by Crippen LogP contribution is -2.46. The van der Waals surface area contributed by atoms with Crippen LogP contribution in [0.1, 0.15) is 37.7 Å². The van der Waals surface area contributed by atoms with E-state index in [4.69, 9.17) is 0 Å². The Morgan fingerprint density at radius 2 is 2.00 bits per heavy atom. The molecule has 1 aromatic heterocycles. The van der Waals surface area contributed by atoms with E-state index in [1.54, 1.807) is 0 Å². The van der Waals surface area contributed by atoms with Crippen LogP contribution >= 0.6 is 0 Å². The number of amides is 2. The monoisotopic (exact) mass is 353 g/mol. The summed E-state index contributed by atoms with van der Waals surface area (Å²) in [5.41, 5.74) is 2.46. The highest BCUT2D eigenvalue weighted by molar-refractivity contribution is 5.84. The number of aromatic amines is 1. The molecule has 2 N–H and O–H groups in total. The Morgan fingerprint density at radius 1 is 1.15 bits per heavy atom. The van der Waals surface area contributed by atoms with Gasteiger partial charge in [-0.25, -0.2) is 0 Å². The highest BCUT2D eigenvalue weighted by Crippen LogP contribution is 2.32. The Hall–Kier alpha value is -2.30. The minimum atomic E-state index is -0.0421. The summed E-state index contributed by atoms with van der Waals surface area (Å²) in [6.07, 6.45) is 7.82. The third kappa shape index (κ3) is 3.76. The molecule has 2 heterocycles. The third-order valence-corrected chi connectivity index (χ3v) is 5.63. The number of likely N-dealkylation sites (tertiary alicyclic amines) is 1. The Labute approximate surface area is 154 Å². The number of nitrogens with zero attached hydrogens (tertiary/aromatic N) is 1. The molecule has 2 aromatic rings. The summed E-state index contributed by atoms with van der Waals surface area (Å²) in [5, 5.41) is 4.34. The number of nitrogens with one attached hydrogen (secondary N) is 2. The van der Waals surface area contributed by atoms with Crippen LogP contribution in [0.15, 0.2) is 30.5 Å². The van der Waals surface area contributed by atoms with Gasteiger partial charge in [0.2, 0.25) is 11.8 Å². The molecule has 26 heavy (non-hydrogen) atoms. The van der Waals surface area contributed by atoms with Gasteiger partial charge < -0.3 is 15.2 Å². The summed E-state index contributed by atoms with van der Waals surface area (Å²) in [6, 6.07) is 8.30. The van der Waals surface area contributed by atoms with Crippen molar-refractivity contribution in [1.82, 2.24) is 15.2 Å². The van der Waals surface area contributed by atoms with Gasteiger partial charge in [-0.2, -0.15) is 0 Å². The van der Waals surface area contributed by atoms with Gasteiger partial charge in [0.15, 0.2) is 0 Å². The van der Waals surface area contributed by atoms with E-state index < -0.39 is 0 Å². The van der Waals surface area contributed by atoms with Crippen molar-refractivity contribution in [3.05, 3.63) is 36.0 Å². The molecule has 1 unspecified atom stereocenters. The van der Waals surface area contributed by atoms with Crippen molar-refractivity contribution >= 4 is 22.7 Å². The predicted octanol–water partition coefficient (Wildman–Crippen LogP) is 2.87. The molecule has 0 radical (unpaired) electrons. The van der Waals surface area contributed by atoms with Crippen LogP contribution in [-0.2, 0) is 16.0 Å². The molecule has 1 aliphatic heterocycles. The predicted molar refractivity (Wildman–Crippen MR) is 102 cm³/mol. The molecule has 0 bridgehead atoms. The molecular formula is C21H27N3O2. The molecule has 1 aromatic carbocycles. The number of benzene rings is 1. The molecule has 1 saturated carbocycles. The molecule has 2 amide bonds. The lowest BCUT2D eigenvalue weighted by atomic mass is 9.96. The first-order valence-corrected chi connectivity index (χ1v) is 9.84. The van der Waals surface area contributed by atoms with Gasteiger partial charge in [0, 0.05) is 42.7 Å². The zero-order chi connectivity index (χ0) is 17.9. The summed E-state index contributed by atoms with van der Waals surface area (Å²) in [7, 11) is 0. The van der Waals surface area contributed by atoms with Gasteiger partial charge in [-0.3, -0.25) is 9.59 Å². The van der Waals surface area contributed by atoms with E-state index >= 15 is 0 Å². The number of carbonyl (C=O) groups excluding carboxylic acids is 2. The summed E-state index contributed by atoms with van der Waals surface area (Å²) in [6.45, 7) is 2.11. The van der Waals surface area contributed by atoms with E-state index in [9.17, 15) is 9.59 Å². The van der Waals surface area contributed by atoms with Crippen molar-refractivity contribution in [3.8, 4) is 0 Å². The number of rotatable bonds is 6. The number of aromatic nitrogens is 1. The maximum atomic E-state index is 12.5. The first-order chi connectivity index (χ1) is 12.7. The summed E-state index contributed by atoms with van der Waals surface area (Å²) < 4.78 is 0. The van der Waals surface area contributed by atoms with E-state index in [0.29, 0.717) is 13.1 Å². The minimum Gasteiger partial charge on any atom is -0.361 e. The topological polar surface area (TPSA) is 65.2 Å². The average molecular weight is 353 g/mol. The lowest BCUT2D eigenvalue weighted by Gasteiger charge is -2.32. The lowest BCUT2D eigenvalue weighted by molar-refractivity contribution is -0.136. The van der Waals surface area contributed by atoms with Crippen LogP contribution in [0.25, 0.3) is 10.9 Å². The zero-order valence-corrected chi connectivity index (χ0v) is 15.2. The average Bonchev–Trinajstić information content (AvgIpc) is 3.45. The van der Waals surface area contributed by atoms with Crippen LogP contribution in [0.4, 0.5) is 0 Å². The van der Waals surface area contributed by atoms with Crippen LogP contribution in [0.3, 0.4) is 0 Å². The standard InChI is InChI=1S/C21H27N3O2/c25-20(17-6-4-12-24(14-17)21(26)15-9-10-15)22-11-3-5-16-13-23-19-8-2-1-7-18(16)19/h1-2,7-8,13,15,17,23H,3-6,9-12,14H2,(H,22,25). The fourth-order valence-electron chi connectivity index (χ4n) is 3.95. The van der Waals surface area contributed by atoms with Gasteiger partial charge in [-0.05, 0) is 50.2 Å². The second-order valence-corrected chi connectivity index (χ2v) is 7.65. The Balaban J connectivity index is 1.23. The molecule has 1 saturated heterocycles.